The predicted molar refractivity (Wildman–Crippen MR) is 114 cm³/mol. The first-order valence-electron chi connectivity index (χ1n) is 10.4. The van der Waals surface area contributed by atoms with E-state index in [1.54, 1.807) is 6.33 Å². The van der Waals surface area contributed by atoms with Crippen LogP contribution < -0.4 is 9.80 Å². The van der Waals surface area contributed by atoms with Crippen LogP contribution in [-0.2, 0) is 20.7 Å². The van der Waals surface area contributed by atoms with Crippen molar-refractivity contribution in [2.75, 3.05) is 62.4 Å². The Morgan fingerprint density at radius 2 is 1.52 bits per heavy atom. The van der Waals surface area contributed by atoms with Gasteiger partial charge in [0.15, 0.2) is 0 Å². The number of fused-ring (bicyclic) bond motifs is 1. The Hall–Kier alpha value is -3.24. The zero-order chi connectivity index (χ0) is 21.2. The predicted octanol–water partition coefficient (Wildman–Crippen LogP) is 1.12. The van der Waals surface area contributed by atoms with Crippen molar-refractivity contribution in [2.24, 2.45) is 0 Å². The maximum absolute atomic E-state index is 11.8. The number of nitrogens with zero attached hydrogens (tertiary/aromatic N) is 6. The maximum atomic E-state index is 11.8. The van der Waals surface area contributed by atoms with Crippen molar-refractivity contribution in [2.45, 2.75) is 6.42 Å². The molecule has 3 aromatic rings. The number of rotatable bonds is 5. The first kappa shape index (κ1) is 19.7. The summed E-state index contributed by atoms with van der Waals surface area (Å²) in [4.78, 5) is 30.1. The number of ether oxygens (including phenoxy) is 2. The number of para-hydroxylation sites is 2. The van der Waals surface area contributed by atoms with E-state index in [9.17, 15) is 9.90 Å². The Morgan fingerprint density at radius 1 is 0.935 bits per heavy atom. The minimum absolute atomic E-state index is 0.148. The number of anilines is 2. The quantitative estimate of drug-likeness (QED) is 0.645. The minimum atomic E-state index is -0.909. The van der Waals surface area contributed by atoms with E-state index in [-0.39, 0.29) is 6.42 Å². The van der Waals surface area contributed by atoms with E-state index in [1.807, 2.05) is 28.8 Å². The number of benzene rings is 1. The molecule has 5 rings (SSSR count). The van der Waals surface area contributed by atoms with Crippen LogP contribution in [0.5, 0.6) is 0 Å². The fourth-order valence-corrected chi connectivity index (χ4v) is 4.06. The molecule has 2 fully saturated rings. The molecule has 10 heteroatoms. The van der Waals surface area contributed by atoms with Gasteiger partial charge in [0.25, 0.3) is 0 Å². The normalized spacial score (nSPS) is 17.3. The molecule has 4 heterocycles. The van der Waals surface area contributed by atoms with Crippen molar-refractivity contribution in [1.82, 2.24) is 19.5 Å². The van der Waals surface area contributed by atoms with Gasteiger partial charge in [-0.25, -0.2) is 4.98 Å². The van der Waals surface area contributed by atoms with Crippen molar-refractivity contribution in [3.8, 4) is 5.95 Å². The van der Waals surface area contributed by atoms with Crippen LogP contribution in [-0.4, -0.2) is 83.2 Å². The Morgan fingerprint density at radius 3 is 2.10 bits per heavy atom. The van der Waals surface area contributed by atoms with Gasteiger partial charge < -0.3 is 24.4 Å². The van der Waals surface area contributed by atoms with Crippen molar-refractivity contribution in [1.29, 1.82) is 0 Å². The summed E-state index contributed by atoms with van der Waals surface area (Å²) < 4.78 is 12.9. The second-order valence-corrected chi connectivity index (χ2v) is 7.52. The maximum Gasteiger partial charge on any atom is 0.308 e. The Kier molecular flexibility index (Phi) is 5.39. The second-order valence-electron chi connectivity index (χ2n) is 7.52. The summed E-state index contributed by atoms with van der Waals surface area (Å²) >= 11 is 0. The summed E-state index contributed by atoms with van der Waals surface area (Å²) in [5.74, 6) is 0.865. The molecule has 2 aliphatic heterocycles. The van der Waals surface area contributed by atoms with Crippen LogP contribution in [0.2, 0.25) is 0 Å². The molecule has 1 N–H and O–H groups in total. The van der Waals surface area contributed by atoms with Gasteiger partial charge in [0.2, 0.25) is 5.95 Å². The second kappa shape index (κ2) is 8.48. The molecule has 0 atom stereocenters. The highest BCUT2D eigenvalue weighted by atomic mass is 16.5. The summed E-state index contributed by atoms with van der Waals surface area (Å²) in [6.07, 6.45) is 1.56. The van der Waals surface area contributed by atoms with Crippen LogP contribution in [0.25, 0.3) is 17.0 Å². The zero-order valence-corrected chi connectivity index (χ0v) is 17.1. The van der Waals surface area contributed by atoms with Crippen molar-refractivity contribution in [3.05, 3.63) is 36.2 Å². The molecule has 0 saturated carbocycles. The van der Waals surface area contributed by atoms with Gasteiger partial charge in [-0.1, -0.05) is 12.1 Å². The highest BCUT2D eigenvalue weighted by molar-refractivity contribution is 5.79. The van der Waals surface area contributed by atoms with E-state index in [4.69, 9.17) is 19.4 Å². The highest BCUT2D eigenvalue weighted by Gasteiger charge is 2.27. The molecular formula is C21H24N6O4. The number of carboxylic acid groups (broad SMARTS) is 1. The number of aromatic nitrogens is 4. The molecule has 2 saturated heterocycles. The molecule has 0 spiro atoms. The van der Waals surface area contributed by atoms with Gasteiger partial charge in [-0.05, 0) is 12.1 Å². The van der Waals surface area contributed by atoms with Crippen LogP contribution in [0.3, 0.4) is 0 Å². The van der Waals surface area contributed by atoms with Gasteiger partial charge in [-0.2, -0.15) is 9.97 Å². The van der Waals surface area contributed by atoms with Gasteiger partial charge >= 0.3 is 5.97 Å². The lowest BCUT2D eigenvalue weighted by molar-refractivity contribution is -0.136. The molecule has 31 heavy (non-hydrogen) atoms. The van der Waals surface area contributed by atoms with E-state index in [0.29, 0.717) is 75.8 Å². The van der Waals surface area contributed by atoms with Crippen LogP contribution >= 0.6 is 0 Å². The monoisotopic (exact) mass is 424 g/mol. The first-order valence-corrected chi connectivity index (χ1v) is 10.4. The molecular weight excluding hydrogens is 400 g/mol. The van der Waals surface area contributed by atoms with Gasteiger partial charge in [0, 0.05) is 31.7 Å². The molecule has 1 aromatic carbocycles. The molecule has 162 valence electrons. The molecule has 2 aliphatic rings. The van der Waals surface area contributed by atoms with Gasteiger partial charge in [0.05, 0.1) is 43.9 Å². The average Bonchev–Trinajstić information content (AvgIpc) is 3.24. The third-order valence-electron chi connectivity index (χ3n) is 5.57. The van der Waals surface area contributed by atoms with Crippen LogP contribution in [0, 0.1) is 0 Å². The minimum Gasteiger partial charge on any atom is -0.481 e. The van der Waals surface area contributed by atoms with Crippen LogP contribution in [0.4, 0.5) is 11.6 Å². The summed E-state index contributed by atoms with van der Waals surface area (Å²) in [6.45, 7) is 4.90. The Balaban J connectivity index is 1.70. The van der Waals surface area contributed by atoms with Crippen molar-refractivity contribution >= 4 is 28.6 Å². The van der Waals surface area contributed by atoms with Crippen molar-refractivity contribution in [3.63, 3.8) is 0 Å². The van der Waals surface area contributed by atoms with Crippen LogP contribution in [0.1, 0.15) is 5.56 Å². The van der Waals surface area contributed by atoms with Gasteiger partial charge in [-0.15, -0.1) is 0 Å². The van der Waals surface area contributed by atoms with E-state index in [0.717, 1.165) is 11.0 Å². The largest absolute Gasteiger partial charge is 0.481 e. The fourth-order valence-electron chi connectivity index (χ4n) is 4.06. The number of hydrogen-bond acceptors (Lipinski definition) is 8. The van der Waals surface area contributed by atoms with E-state index < -0.39 is 5.97 Å². The molecule has 2 aromatic heterocycles. The first-order chi connectivity index (χ1) is 15.2. The number of carboxylic acids is 1. The third-order valence-corrected chi connectivity index (χ3v) is 5.57. The lowest BCUT2D eigenvalue weighted by Gasteiger charge is -2.34. The summed E-state index contributed by atoms with van der Waals surface area (Å²) in [6, 6.07) is 7.80. The van der Waals surface area contributed by atoms with Gasteiger partial charge in [-0.3, -0.25) is 9.36 Å². The lowest BCUT2D eigenvalue weighted by atomic mass is 10.1. The zero-order valence-electron chi connectivity index (χ0n) is 17.1. The highest BCUT2D eigenvalue weighted by Crippen LogP contribution is 2.31. The number of carbonyl (C=O) groups is 1. The van der Waals surface area contributed by atoms with E-state index >= 15 is 0 Å². The fraction of sp³-hybridized carbons (Fsp3) is 0.429. The summed E-state index contributed by atoms with van der Waals surface area (Å²) in [5.41, 5.74) is 2.38. The molecule has 0 radical (unpaired) electrons. The smallest absolute Gasteiger partial charge is 0.308 e. The van der Waals surface area contributed by atoms with Gasteiger partial charge in [0.1, 0.15) is 18.0 Å². The SMILES string of the molecule is O=C(O)Cc1c(N2CCOCC2)nc(-n2cnc3ccccc32)nc1N1CCOCC1. The number of morpholine rings is 2. The number of aliphatic carboxylic acids is 1. The standard InChI is InChI=1S/C21H24N6O4/c28-18(29)13-15-19(25-5-9-30-10-6-25)23-21(24-20(15)26-7-11-31-12-8-26)27-14-22-16-3-1-2-4-17(16)27/h1-4,14H,5-13H2,(H,28,29). The number of imidazole rings is 1. The van der Waals surface area contributed by atoms with Crippen LogP contribution in [0.15, 0.2) is 30.6 Å². The Bertz CT molecular complexity index is 1050. The molecule has 0 aliphatic carbocycles. The summed E-state index contributed by atoms with van der Waals surface area (Å²) in [5, 5.41) is 9.65. The molecule has 0 amide bonds. The molecule has 0 unspecified atom stereocenters. The molecule has 10 nitrogen and oxygen atoms in total. The topological polar surface area (TPSA) is 106 Å². The molecule has 0 bridgehead atoms. The number of hydrogen-bond donors (Lipinski definition) is 1. The average molecular weight is 424 g/mol. The van der Waals surface area contributed by atoms with E-state index in [1.165, 1.54) is 0 Å². The summed E-state index contributed by atoms with van der Waals surface area (Å²) in [7, 11) is 0. The Labute approximate surface area is 179 Å². The third kappa shape index (κ3) is 3.91. The van der Waals surface area contributed by atoms with Crippen molar-refractivity contribution < 1.29 is 19.4 Å². The lowest BCUT2D eigenvalue weighted by Crippen LogP contribution is -2.40. The van der Waals surface area contributed by atoms with E-state index in [2.05, 4.69) is 14.8 Å².